The maximum atomic E-state index is 13.1. The number of nitrogens with zero attached hydrogens (tertiary/aromatic N) is 2. The first-order valence-electron chi connectivity index (χ1n) is 11.3. The van der Waals surface area contributed by atoms with Gasteiger partial charge in [-0.25, -0.2) is 4.98 Å². The quantitative estimate of drug-likeness (QED) is 0.496. The molecule has 3 aromatic rings. The Hall–Kier alpha value is -3.12. The molecule has 1 atom stereocenters. The van der Waals surface area contributed by atoms with Crippen molar-refractivity contribution in [1.82, 2.24) is 9.88 Å². The van der Waals surface area contributed by atoms with Gasteiger partial charge in [0.05, 0.1) is 10.9 Å². The predicted octanol–water partition coefficient (Wildman–Crippen LogP) is 5.48. The van der Waals surface area contributed by atoms with Crippen LogP contribution >= 0.6 is 11.8 Å². The van der Waals surface area contributed by atoms with Crippen molar-refractivity contribution in [1.29, 1.82) is 0 Å². The minimum absolute atomic E-state index is 0.00726. The monoisotopic (exact) mass is 459 g/mol. The molecule has 1 saturated heterocycles. The standard InChI is InChI=1S/C27H29N3O2S/c1-19-13-20(2)15-23(14-19)27(32)30-12-6-8-22(17-30)26(31)29-24-9-5-7-21(16-24)18-33-25-10-3-4-11-28-25/h3-5,7,9-11,13-16,22H,6,8,12,17-18H2,1-2H3,(H,29,31). The Labute approximate surface area is 199 Å². The fourth-order valence-corrected chi connectivity index (χ4v) is 5.03. The van der Waals surface area contributed by atoms with Gasteiger partial charge in [-0.05, 0) is 68.7 Å². The van der Waals surface area contributed by atoms with Crippen LogP contribution in [0.4, 0.5) is 5.69 Å². The van der Waals surface area contributed by atoms with Gasteiger partial charge in [0.15, 0.2) is 0 Å². The molecule has 0 saturated carbocycles. The summed E-state index contributed by atoms with van der Waals surface area (Å²) in [4.78, 5) is 32.2. The van der Waals surface area contributed by atoms with Crippen molar-refractivity contribution in [2.75, 3.05) is 18.4 Å². The molecular formula is C27H29N3O2S. The molecule has 1 unspecified atom stereocenters. The van der Waals surface area contributed by atoms with E-state index in [1.807, 2.05) is 67.3 Å². The highest BCUT2D eigenvalue weighted by molar-refractivity contribution is 7.98. The zero-order valence-corrected chi connectivity index (χ0v) is 19.9. The fraction of sp³-hybridized carbons (Fsp3) is 0.296. The molecule has 1 fully saturated rings. The van der Waals surface area contributed by atoms with Gasteiger partial charge in [0.25, 0.3) is 5.91 Å². The number of aryl methyl sites for hydroxylation is 2. The molecular weight excluding hydrogens is 430 g/mol. The number of aromatic nitrogens is 1. The van der Waals surface area contributed by atoms with Crippen LogP contribution in [-0.4, -0.2) is 34.8 Å². The maximum Gasteiger partial charge on any atom is 0.253 e. The van der Waals surface area contributed by atoms with Crippen LogP contribution in [0.5, 0.6) is 0 Å². The highest BCUT2D eigenvalue weighted by atomic mass is 32.2. The topological polar surface area (TPSA) is 62.3 Å². The number of rotatable bonds is 6. The Morgan fingerprint density at radius 1 is 1.06 bits per heavy atom. The molecule has 2 amide bonds. The number of carbonyl (C=O) groups excluding carboxylic acids is 2. The van der Waals surface area contributed by atoms with Gasteiger partial charge in [0.2, 0.25) is 5.91 Å². The predicted molar refractivity (Wildman–Crippen MR) is 133 cm³/mol. The summed E-state index contributed by atoms with van der Waals surface area (Å²) in [6.45, 7) is 5.14. The summed E-state index contributed by atoms with van der Waals surface area (Å²) in [6.07, 6.45) is 3.41. The third-order valence-corrected chi connectivity index (χ3v) is 6.78. The number of thioether (sulfide) groups is 1. The van der Waals surface area contributed by atoms with E-state index >= 15 is 0 Å². The lowest BCUT2D eigenvalue weighted by atomic mass is 9.96. The molecule has 2 heterocycles. The summed E-state index contributed by atoms with van der Waals surface area (Å²) in [7, 11) is 0. The van der Waals surface area contributed by atoms with Crippen molar-refractivity contribution in [2.45, 2.75) is 37.5 Å². The van der Waals surface area contributed by atoms with Crippen LogP contribution in [0.3, 0.4) is 0 Å². The van der Waals surface area contributed by atoms with Crippen molar-refractivity contribution < 1.29 is 9.59 Å². The van der Waals surface area contributed by atoms with Crippen LogP contribution in [0.2, 0.25) is 0 Å². The van der Waals surface area contributed by atoms with Crippen LogP contribution in [0, 0.1) is 19.8 Å². The van der Waals surface area contributed by atoms with E-state index in [0.29, 0.717) is 18.7 Å². The second-order valence-corrected chi connectivity index (χ2v) is 9.61. The highest BCUT2D eigenvalue weighted by Crippen LogP contribution is 2.24. The van der Waals surface area contributed by atoms with Gasteiger partial charge < -0.3 is 10.2 Å². The second kappa shape index (κ2) is 10.7. The molecule has 1 aliphatic rings. The number of carbonyl (C=O) groups is 2. The molecule has 4 rings (SSSR count). The first kappa shape index (κ1) is 23.1. The third kappa shape index (κ3) is 6.23. The zero-order valence-electron chi connectivity index (χ0n) is 19.1. The normalized spacial score (nSPS) is 15.8. The van der Waals surface area contributed by atoms with Crippen LogP contribution in [0.15, 0.2) is 71.9 Å². The minimum atomic E-state index is -0.208. The van der Waals surface area contributed by atoms with E-state index in [9.17, 15) is 9.59 Å². The van der Waals surface area contributed by atoms with E-state index in [1.165, 1.54) is 0 Å². The van der Waals surface area contributed by atoms with E-state index in [0.717, 1.165) is 46.0 Å². The molecule has 33 heavy (non-hydrogen) atoms. The number of hydrogen-bond acceptors (Lipinski definition) is 4. The lowest BCUT2D eigenvalue weighted by Crippen LogP contribution is -2.43. The van der Waals surface area contributed by atoms with E-state index in [4.69, 9.17) is 0 Å². The van der Waals surface area contributed by atoms with E-state index < -0.39 is 0 Å². The number of hydrogen-bond donors (Lipinski definition) is 1. The number of anilines is 1. The molecule has 5 nitrogen and oxygen atoms in total. The van der Waals surface area contributed by atoms with E-state index in [-0.39, 0.29) is 17.7 Å². The molecule has 0 radical (unpaired) electrons. The molecule has 1 aliphatic heterocycles. The Morgan fingerprint density at radius 3 is 2.64 bits per heavy atom. The Balaban J connectivity index is 1.36. The molecule has 170 valence electrons. The first-order valence-corrected chi connectivity index (χ1v) is 12.3. The molecule has 0 spiro atoms. The number of benzene rings is 2. The zero-order chi connectivity index (χ0) is 23.2. The van der Waals surface area contributed by atoms with Gasteiger partial charge in [0.1, 0.15) is 0 Å². The minimum Gasteiger partial charge on any atom is -0.338 e. The lowest BCUT2D eigenvalue weighted by Gasteiger charge is -2.32. The largest absolute Gasteiger partial charge is 0.338 e. The van der Waals surface area contributed by atoms with E-state index in [1.54, 1.807) is 18.0 Å². The van der Waals surface area contributed by atoms with Crippen LogP contribution in [0.25, 0.3) is 0 Å². The molecule has 6 heteroatoms. The van der Waals surface area contributed by atoms with Gasteiger partial charge in [-0.1, -0.05) is 35.4 Å². The van der Waals surface area contributed by atoms with Gasteiger partial charge >= 0.3 is 0 Å². The maximum absolute atomic E-state index is 13.1. The summed E-state index contributed by atoms with van der Waals surface area (Å²) in [5.74, 6) is 0.554. The summed E-state index contributed by atoms with van der Waals surface area (Å²) in [6, 6.07) is 19.7. The second-order valence-electron chi connectivity index (χ2n) is 8.61. The molecule has 0 bridgehead atoms. The lowest BCUT2D eigenvalue weighted by molar-refractivity contribution is -0.121. The summed E-state index contributed by atoms with van der Waals surface area (Å²) >= 11 is 1.66. The first-order chi connectivity index (χ1) is 16.0. The van der Waals surface area contributed by atoms with Gasteiger partial charge in [0, 0.05) is 36.3 Å². The van der Waals surface area contributed by atoms with Crippen molar-refractivity contribution in [3.8, 4) is 0 Å². The summed E-state index contributed by atoms with van der Waals surface area (Å²) < 4.78 is 0. The van der Waals surface area contributed by atoms with Crippen LogP contribution in [-0.2, 0) is 10.5 Å². The van der Waals surface area contributed by atoms with Crippen molar-refractivity contribution in [3.05, 3.63) is 89.1 Å². The van der Waals surface area contributed by atoms with Gasteiger partial charge in [-0.3, -0.25) is 9.59 Å². The average Bonchev–Trinajstić information content (AvgIpc) is 2.82. The number of amides is 2. The van der Waals surface area contributed by atoms with Crippen molar-refractivity contribution >= 4 is 29.3 Å². The Kier molecular flexibility index (Phi) is 7.45. The fourth-order valence-electron chi connectivity index (χ4n) is 4.23. The SMILES string of the molecule is Cc1cc(C)cc(C(=O)N2CCCC(C(=O)Nc3cccc(CSc4ccccn4)c3)C2)c1. The van der Waals surface area contributed by atoms with Crippen molar-refractivity contribution in [3.63, 3.8) is 0 Å². The highest BCUT2D eigenvalue weighted by Gasteiger charge is 2.29. The van der Waals surface area contributed by atoms with E-state index in [2.05, 4.69) is 22.4 Å². The average molecular weight is 460 g/mol. The van der Waals surface area contributed by atoms with Gasteiger partial charge in [-0.15, -0.1) is 11.8 Å². The Bertz CT molecular complexity index is 1110. The number of likely N-dealkylation sites (tertiary alicyclic amines) is 1. The van der Waals surface area contributed by atoms with Gasteiger partial charge in [-0.2, -0.15) is 0 Å². The molecule has 2 aromatic carbocycles. The Morgan fingerprint density at radius 2 is 1.88 bits per heavy atom. The number of piperidine rings is 1. The van der Waals surface area contributed by atoms with Crippen molar-refractivity contribution in [2.24, 2.45) is 5.92 Å². The number of pyridine rings is 1. The smallest absolute Gasteiger partial charge is 0.253 e. The van der Waals surface area contributed by atoms with Crippen LogP contribution < -0.4 is 5.32 Å². The van der Waals surface area contributed by atoms with Crippen LogP contribution in [0.1, 0.15) is 39.9 Å². The molecule has 1 N–H and O–H groups in total. The summed E-state index contributed by atoms with van der Waals surface area (Å²) in [5, 5.41) is 4.04. The molecule has 0 aliphatic carbocycles. The molecule has 1 aromatic heterocycles. The number of nitrogens with one attached hydrogen (secondary N) is 1. The summed E-state index contributed by atoms with van der Waals surface area (Å²) in [5.41, 5.74) is 4.76. The third-order valence-electron chi connectivity index (χ3n) is 5.77.